The van der Waals surface area contributed by atoms with Crippen molar-refractivity contribution in [3.05, 3.63) is 24.5 Å². The number of pyridine rings is 1. The molecule has 0 saturated carbocycles. The molecule has 2 aromatic heterocycles. The summed E-state index contributed by atoms with van der Waals surface area (Å²) in [6.07, 6.45) is 3.39. The summed E-state index contributed by atoms with van der Waals surface area (Å²) in [6.45, 7) is 0. The summed E-state index contributed by atoms with van der Waals surface area (Å²) in [7, 11) is 3.43. The number of anilines is 1. The first-order valence-electron chi connectivity index (χ1n) is 4.50. The van der Waals surface area contributed by atoms with Crippen LogP contribution < -0.4 is 10.5 Å². The zero-order valence-corrected chi connectivity index (χ0v) is 11.1. The summed E-state index contributed by atoms with van der Waals surface area (Å²) in [5.74, 6) is 0.716. The molecule has 0 aliphatic rings. The number of hydrogen-bond donors (Lipinski definition) is 1. The van der Waals surface area contributed by atoms with Crippen LogP contribution in [0.4, 0.5) is 5.69 Å². The van der Waals surface area contributed by atoms with Gasteiger partial charge in [0.05, 0.1) is 24.7 Å². The van der Waals surface area contributed by atoms with Crippen LogP contribution in [0.1, 0.15) is 0 Å². The Balaban J connectivity index is 0.00000128. The van der Waals surface area contributed by atoms with Crippen LogP contribution in [0.5, 0.6) is 5.75 Å². The average Bonchev–Trinajstić information content (AvgIpc) is 2.58. The largest absolute Gasteiger partial charge is 0.495 e. The van der Waals surface area contributed by atoms with Crippen LogP contribution in [0, 0.1) is 0 Å². The smallest absolute Gasteiger partial charge is 0.137 e. The van der Waals surface area contributed by atoms with Gasteiger partial charge in [0.25, 0.3) is 0 Å². The van der Waals surface area contributed by atoms with Crippen LogP contribution in [0.15, 0.2) is 24.5 Å². The van der Waals surface area contributed by atoms with Gasteiger partial charge in [0.2, 0.25) is 0 Å². The first-order chi connectivity index (χ1) is 7.20. The third-order valence-electron chi connectivity index (χ3n) is 2.07. The molecule has 2 aromatic rings. The van der Waals surface area contributed by atoms with Gasteiger partial charge in [0.15, 0.2) is 0 Å². The van der Waals surface area contributed by atoms with E-state index in [1.54, 1.807) is 24.2 Å². The third-order valence-corrected chi connectivity index (χ3v) is 2.07. The maximum Gasteiger partial charge on any atom is 0.137 e. The van der Waals surface area contributed by atoms with Gasteiger partial charge in [-0.3, -0.25) is 9.67 Å². The summed E-state index contributed by atoms with van der Waals surface area (Å²) in [6, 6.07) is 3.66. The van der Waals surface area contributed by atoms with E-state index in [0.717, 1.165) is 5.69 Å². The van der Waals surface area contributed by atoms with E-state index in [1.807, 2.05) is 19.2 Å². The van der Waals surface area contributed by atoms with Gasteiger partial charge in [-0.1, -0.05) is 0 Å². The van der Waals surface area contributed by atoms with Crippen molar-refractivity contribution in [2.45, 2.75) is 0 Å². The van der Waals surface area contributed by atoms with Crippen LogP contribution in [0.2, 0.25) is 0 Å². The van der Waals surface area contributed by atoms with Gasteiger partial charge in [0.1, 0.15) is 11.4 Å². The zero-order chi connectivity index (χ0) is 10.8. The number of methoxy groups -OCH3 is 1. The Labute approximate surface area is 112 Å². The topological polar surface area (TPSA) is 66.0 Å². The SMILES string of the molecule is COc1ccc(-c2nn(C)cc2N)nc1.Cl.Cl. The predicted molar refractivity (Wildman–Crippen MR) is 71.9 cm³/mol. The third kappa shape index (κ3) is 3.25. The fourth-order valence-electron chi connectivity index (χ4n) is 1.35. The van der Waals surface area contributed by atoms with E-state index >= 15 is 0 Å². The minimum atomic E-state index is 0. The Morgan fingerprint density at radius 3 is 2.41 bits per heavy atom. The van der Waals surface area contributed by atoms with Crippen molar-refractivity contribution in [2.24, 2.45) is 7.05 Å². The standard InChI is InChI=1S/C10H12N4O.2ClH/c1-14-6-8(11)10(13-14)9-4-3-7(15-2)5-12-9;;/h3-6H,11H2,1-2H3;2*1H. The molecular formula is C10H14Cl2N4O. The number of ether oxygens (including phenoxy) is 1. The van der Waals surface area contributed by atoms with E-state index in [4.69, 9.17) is 10.5 Å². The Morgan fingerprint density at radius 2 is 2.00 bits per heavy atom. The number of rotatable bonds is 2. The highest BCUT2D eigenvalue weighted by atomic mass is 35.5. The Hall–Kier alpha value is -1.46. The molecule has 0 aliphatic carbocycles. The van der Waals surface area contributed by atoms with Gasteiger partial charge in [0, 0.05) is 13.2 Å². The van der Waals surface area contributed by atoms with Gasteiger partial charge < -0.3 is 10.5 Å². The van der Waals surface area contributed by atoms with Crippen molar-refractivity contribution >= 4 is 30.5 Å². The molecule has 2 rings (SSSR count). The molecule has 0 atom stereocenters. The lowest BCUT2D eigenvalue weighted by Gasteiger charge is -2.00. The van der Waals surface area contributed by atoms with E-state index in [0.29, 0.717) is 17.1 Å². The van der Waals surface area contributed by atoms with Crippen LogP contribution in [-0.4, -0.2) is 21.9 Å². The molecule has 0 spiro atoms. The number of nitrogens with zero attached hydrogens (tertiary/aromatic N) is 3. The molecule has 0 saturated heterocycles. The number of hydrogen-bond acceptors (Lipinski definition) is 4. The molecule has 0 fully saturated rings. The molecule has 0 unspecified atom stereocenters. The highest BCUT2D eigenvalue weighted by Gasteiger charge is 2.08. The average molecular weight is 277 g/mol. The van der Waals surface area contributed by atoms with Gasteiger partial charge >= 0.3 is 0 Å². The number of aromatic nitrogens is 3. The van der Waals surface area contributed by atoms with Crippen LogP contribution in [0.25, 0.3) is 11.4 Å². The van der Waals surface area contributed by atoms with Gasteiger partial charge in [-0.25, -0.2) is 0 Å². The molecule has 0 amide bonds. The maximum atomic E-state index is 5.79. The van der Waals surface area contributed by atoms with Crippen molar-refractivity contribution < 1.29 is 4.74 Å². The molecule has 2 heterocycles. The van der Waals surface area contributed by atoms with Gasteiger partial charge in [-0.05, 0) is 12.1 Å². The Morgan fingerprint density at radius 1 is 1.29 bits per heavy atom. The highest BCUT2D eigenvalue weighted by Crippen LogP contribution is 2.22. The first kappa shape index (κ1) is 15.5. The minimum absolute atomic E-state index is 0. The molecule has 94 valence electrons. The van der Waals surface area contributed by atoms with Crippen molar-refractivity contribution in [3.8, 4) is 17.1 Å². The molecular weight excluding hydrogens is 263 g/mol. The molecule has 0 bridgehead atoms. The number of nitrogen functional groups attached to an aromatic ring is 1. The van der Waals surface area contributed by atoms with Crippen molar-refractivity contribution in [1.29, 1.82) is 0 Å². The second-order valence-corrected chi connectivity index (χ2v) is 3.19. The molecule has 0 aromatic carbocycles. The van der Waals surface area contributed by atoms with E-state index in [2.05, 4.69) is 10.1 Å². The molecule has 0 aliphatic heterocycles. The number of nitrogens with two attached hydrogens (primary N) is 1. The monoisotopic (exact) mass is 276 g/mol. The lowest BCUT2D eigenvalue weighted by Crippen LogP contribution is -1.91. The Kier molecular flexibility index (Phi) is 5.78. The molecule has 17 heavy (non-hydrogen) atoms. The summed E-state index contributed by atoms with van der Waals surface area (Å²) >= 11 is 0. The van der Waals surface area contributed by atoms with Crippen molar-refractivity contribution in [2.75, 3.05) is 12.8 Å². The van der Waals surface area contributed by atoms with Crippen molar-refractivity contribution in [3.63, 3.8) is 0 Å². The quantitative estimate of drug-likeness (QED) is 0.910. The normalized spacial score (nSPS) is 9.06. The molecule has 2 N–H and O–H groups in total. The lowest BCUT2D eigenvalue weighted by molar-refractivity contribution is 0.413. The summed E-state index contributed by atoms with van der Waals surface area (Å²) in [5.41, 5.74) is 7.85. The fourth-order valence-corrected chi connectivity index (χ4v) is 1.35. The van der Waals surface area contributed by atoms with Crippen molar-refractivity contribution in [1.82, 2.24) is 14.8 Å². The number of halogens is 2. The highest BCUT2D eigenvalue weighted by molar-refractivity contribution is 5.85. The van der Waals surface area contributed by atoms with Crippen LogP contribution in [0.3, 0.4) is 0 Å². The lowest BCUT2D eigenvalue weighted by atomic mass is 10.2. The van der Waals surface area contributed by atoms with E-state index in [-0.39, 0.29) is 24.8 Å². The first-order valence-corrected chi connectivity index (χ1v) is 4.50. The second-order valence-electron chi connectivity index (χ2n) is 3.19. The fraction of sp³-hybridized carbons (Fsp3) is 0.200. The summed E-state index contributed by atoms with van der Waals surface area (Å²) < 4.78 is 6.68. The minimum Gasteiger partial charge on any atom is -0.495 e. The molecule has 7 heteroatoms. The Bertz CT molecular complexity index is 470. The summed E-state index contributed by atoms with van der Waals surface area (Å²) in [5, 5.41) is 4.22. The summed E-state index contributed by atoms with van der Waals surface area (Å²) in [4.78, 5) is 4.21. The van der Waals surface area contributed by atoms with Gasteiger partial charge in [-0.15, -0.1) is 24.8 Å². The van der Waals surface area contributed by atoms with E-state index in [1.165, 1.54) is 0 Å². The number of aryl methyl sites for hydroxylation is 1. The predicted octanol–water partition coefficient (Wildman–Crippen LogP) is 1.92. The van der Waals surface area contributed by atoms with Gasteiger partial charge in [-0.2, -0.15) is 5.10 Å². The second kappa shape index (κ2) is 6.32. The van der Waals surface area contributed by atoms with E-state index < -0.39 is 0 Å². The zero-order valence-electron chi connectivity index (χ0n) is 9.45. The van der Waals surface area contributed by atoms with Crippen LogP contribution >= 0.6 is 24.8 Å². The molecule has 5 nitrogen and oxygen atoms in total. The van der Waals surface area contributed by atoms with E-state index in [9.17, 15) is 0 Å². The van der Waals surface area contributed by atoms with Crippen LogP contribution in [-0.2, 0) is 7.05 Å². The molecule has 0 radical (unpaired) electrons. The maximum absolute atomic E-state index is 5.79.